The van der Waals surface area contributed by atoms with Crippen LogP contribution in [0.2, 0.25) is 5.02 Å². The van der Waals surface area contributed by atoms with Crippen molar-refractivity contribution in [2.24, 2.45) is 0 Å². The molecule has 2 aromatic rings. The number of benzene rings is 1. The molecule has 23 heavy (non-hydrogen) atoms. The molecule has 1 N–H and O–H groups in total. The summed E-state index contributed by atoms with van der Waals surface area (Å²) in [6.07, 6.45) is 1.22. The number of nitrogens with one attached hydrogen (secondary N) is 1. The predicted molar refractivity (Wildman–Crippen MR) is 82.1 cm³/mol. The number of aryl methyl sites for hydroxylation is 1. The van der Waals surface area contributed by atoms with E-state index in [9.17, 15) is 22.4 Å². The monoisotopic (exact) mass is 358 g/mol. The predicted octanol–water partition coefficient (Wildman–Crippen LogP) is 1.54. The number of carbonyl (C=O) groups is 1. The molecule has 0 fully saturated rings. The topological polar surface area (TPSA) is 85.2 Å². The van der Waals surface area contributed by atoms with E-state index < -0.39 is 26.6 Å². The minimum Gasteiger partial charge on any atom is -0.315 e. The van der Waals surface area contributed by atoms with E-state index in [1.807, 2.05) is 0 Å². The molecule has 2 rings (SSSR count). The van der Waals surface area contributed by atoms with Crippen molar-refractivity contribution in [3.05, 3.63) is 63.8 Å². The fourth-order valence-electron chi connectivity index (χ4n) is 1.82. The molecule has 1 heterocycles. The van der Waals surface area contributed by atoms with Gasteiger partial charge in [-0.15, -0.1) is 0 Å². The molecular formula is C14H12ClFN2O4S. The number of halogens is 2. The molecule has 0 saturated carbocycles. The van der Waals surface area contributed by atoms with Gasteiger partial charge in [-0.05, 0) is 24.3 Å². The van der Waals surface area contributed by atoms with Gasteiger partial charge in [0.15, 0.2) is 0 Å². The first-order chi connectivity index (χ1) is 10.8. The van der Waals surface area contributed by atoms with Crippen molar-refractivity contribution in [3.63, 3.8) is 0 Å². The summed E-state index contributed by atoms with van der Waals surface area (Å²) < 4.78 is 40.6. The van der Waals surface area contributed by atoms with Crippen LogP contribution in [0, 0.1) is 5.82 Å². The van der Waals surface area contributed by atoms with E-state index in [1.54, 1.807) is 16.9 Å². The summed E-state index contributed by atoms with van der Waals surface area (Å²) in [5.74, 6) is -1.91. The van der Waals surface area contributed by atoms with Gasteiger partial charge in [0.05, 0.1) is 0 Å². The molecule has 0 bridgehead atoms. The van der Waals surface area contributed by atoms with Gasteiger partial charge in [-0.3, -0.25) is 9.59 Å². The molecule has 0 atom stereocenters. The number of amides is 1. The second kappa shape index (κ2) is 6.93. The second-order valence-corrected chi connectivity index (χ2v) is 6.67. The molecule has 0 spiro atoms. The van der Waals surface area contributed by atoms with E-state index in [2.05, 4.69) is 0 Å². The SMILES string of the molecule is O=C(CCn1ccccc1=O)NS(=O)(=O)c1ccc(Cl)cc1F. The fourth-order valence-corrected chi connectivity index (χ4v) is 3.05. The quantitative estimate of drug-likeness (QED) is 0.878. The summed E-state index contributed by atoms with van der Waals surface area (Å²) >= 11 is 5.55. The zero-order valence-corrected chi connectivity index (χ0v) is 13.3. The highest BCUT2D eigenvalue weighted by molar-refractivity contribution is 7.90. The maximum absolute atomic E-state index is 13.6. The lowest BCUT2D eigenvalue weighted by Crippen LogP contribution is -2.32. The molecule has 0 aliphatic carbocycles. The van der Waals surface area contributed by atoms with Crippen LogP contribution in [0.5, 0.6) is 0 Å². The number of hydrogen-bond acceptors (Lipinski definition) is 4. The number of rotatable bonds is 5. The summed E-state index contributed by atoms with van der Waals surface area (Å²) in [6.45, 7) is 0.00409. The fraction of sp³-hybridized carbons (Fsp3) is 0.143. The first-order valence-corrected chi connectivity index (χ1v) is 8.32. The molecule has 1 aromatic carbocycles. The Kier molecular flexibility index (Phi) is 5.17. The minimum atomic E-state index is -4.34. The zero-order chi connectivity index (χ0) is 17.0. The van der Waals surface area contributed by atoms with Crippen LogP contribution in [0.1, 0.15) is 6.42 Å². The lowest BCUT2D eigenvalue weighted by atomic mass is 10.3. The Bertz CT molecular complexity index is 896. The number of hydrogen-bond donors (Lipinski definition) is 1. The molecule has 122 valence electrons. The van der Waals surface area contributed by atoms with Gasteiger partial charge in [-0.25, -0.2) is 17.5 Å². The van der Waals surface area contributed by atoms with E-state index in [4.69, 9.17) is 11.6 Å². The average Bonchev–Trinajstić information content (AvgIpc) is 2.45. The van der Waals surface area contributed by atoms with Gasteiger partial charge >= 0.3 is 0 Å². The third-order valence-corrected chi connectivity index (χ3v) is 4.55. The van der Waals surface area contributed by atoms with Gasteiger partial charge in [0.2, 0.25) is 5.91 Å². The molecule has 0 radical (unpaired) electrons. The van der Waals surface area contributed by atoms with Crippen LogP contribution in [0.25, 0.3) is 0 Å². The third-order valence-electron chi connectivity index (χ3n) is 2.91. The summed E-state index contributed by atoms with van der Waals surface area (Å²) in [4.78, 5) is 22.5. The Hall–Kier alpha value is -2.19. The Balaban J connectivity index is 2.07. The average molecular weight is 359 g/mol. The molecule has 6 nitrogen and oxygen atoms in total. The van der Waals surface area contributed by atoms with Crippen molar-refractivity contribution in [2.45, 2.75) is 17.9 Å². The van der Waals surface area contributed by atoms with Gasteiger partial charge in [0.25, 0.3) is 15.6 Å². The highest BCUT2D eigenvalue weighted by Gasteiger charge is 2.21. The van der Waals surface area contributed by atoms with Crippen molar-refractivity contribution < 1.29 is 17.6 Å². The Morgan fingerprint density at radius 1 is 1.26 bits per heavy atom. The van der Waals surface area contributed by atoms with Crippen molar-refractivity contribution in [2.75, 3.05) is 0 Å². The Morgan fingerprint density at radius 3 is 2.65 bits per heavy atom. The smallest absolute Gasteiger partial charge is 0.266 e. The summed E-state index contributed by atoms with van der Waals surface area (Å²) in [7, 11) is -4.34. The highest BCUT2D eigenvalue weighted by atomic mass is 35.5. The van der Waals surface area contributed by atoms with E-state index in [1.165, 1.54) is 22.9 Å². The molecule has 0 unspecified atom stereocenters. The largest absolute Gasteiger partial charge is 0.315 e. The van der Waals surface area contributed by atoms with Crippen LogP contribution in [-0.4, -0.2) is 18.9 Å². The standard InChI is InChI=1S/C14H12ClFN2O4S/c15-10-4-5-12(11(16)9-10)23(21,22)17-13(19)6-8-18-7-2-1-3-14(18)20/h1-5,7,9H,6,8H2,(H,17,19). The van der Waals surface area contributed by atoms with Crippen LogP contribution in [0.15, 0.2) is 52.3 Å². The second-order valence-electron chi connectivity index (χ2n) is 4.59. The summed E-state index contributed by atoms with van der Waals surface area (Å²) in [5.41, 5.74) is -0.313. The summed E-state index contributed by atoms with van der Waals surface area (Å²) in [6, 6.07) is 7.48. The van der Waals surface area contributed by atoms with E-state index in [0.29, 0.717) is 0 Å². The Morgan fingerprint density at radius 2 is 2.00 bits per heavy atom. The van der Waals surface area contributed by atoms with Crippen LogP contribution < -0.4 is 10.3 Å². The molecule has 0 saturated heterocycles. The molecule has 9 heteroatoms. The van der Waals surface area contributed by atoms with Crippen LogP contribution in [0.3, 0.4) is 0 Å². The van der Waals surface area contributed by atoms with Gasteiger partial charge in [0, 0.05) is 30.3 Å². The van der Waals surface area contributed by atoms with E-state index >= 15 is 0 Å². The minimum absolute atomic E-state index is 0.00409. The first-order valence-electron chi connectivity index (χ1n) is 6.46. The van der Waals surface area contributed by atoms with Gasteiger partial charge < -0.3 is 4.57 Å². The third kappa shape index (κ3) is 4.40. The summed E-state index contributed by atoms with van der Waals surface area (Å²) in [5, 5.41) is 0.0382. The number of nitrogens with zero attached hydrogens (tertiary/aromatic N) is 1. The molecular weight excluding hydrogens is 347 g/mol. The van der Waals surface area contributed by atoms with Gasteiger partial charge in [0.1, 0.15) is 10.7 Å². The lowest BCUT2D eigenvalue weighted by Gasteiger charge is -2.09. The van der Waals surface area contributed by atoms with Crippen molar-refractivity contribution >= 4 is 27.5 Å². The molecule has 0 aliphatic rings. The molecule has 1 aromatic heterocycles. The number of pyridine rings is 1. The van der Waals surface area contributed by atoms with Crippen molar-refractivity contribution in [1.82, 2.24) is 9.29 Å². The van der Waals surface area contributed by atoms with Crippen LogP contribution in [-0.2, 0) is 21.4 Å². The lowest BCUT2D eigenvalue weighted by molar-refractivity contribution is -0.119. The van der Waals surface area contributed by atoms with Crippen molar-refractivity contribution in [3.8, 4) is 0 Å². The number of aromatic nitrogens is 1. The first kappa shape index (κ1) is 17.2. The molecule has 1 amide bonds. The van der Waals surface area contributed by atoms with E-state index in [0.717, 1.165) is 12.1 Å². The molecule has 0 aliphatic heterocycles. The highest BCUT2D eigenvalue weighted by Crippen LogP contribution is 2.18. The number of sulfonamides is 1. The number of carbonyl (C=O) groups excluding carboxylic acids is 1. The zero-order valence-electron chi connectivity index (χ0n) is 11.7. The van der Waals surface area contributed by atoms with Crippen LogP contribution in [0.4, 0.5) is 4.39 Å². The van der Waals surface area contributed by atoms with Gasteiger partial charge in [-0.1, -0.05) is 17.7 Å². The maximum atomic E-state index is 13.6. The Labute approximate surface area is 136 Å². The van der Waals surface area contributed by atoms with Gasteiger partial charge in [-0.2, -0.15) is 0 Å². The van der Waals surface area contributed by atoms with Crippen LogP contribution >= 0.6 is 11.6 Å². The normalized spacial score (nSPS) is 11.2. The maximum Gasteiger partial charge on any atom is 0.266 e. The van der Waals surface area contributed by atoms with Crippen molar-refractivity contribution in [1.29, 1.82) is 0 Å². The van der Waals surface area contributed by atoms with E-state index in [-0.39, 0.29) is 23.5 Å².